The Kier molecular flexibility index (Phi) is 4.27. The van der Waals surface area contributed by atoms with Gasteiger partial charge in [-0.25, -0.2) is 14.6 Å². The van der Waals surface area contributed by atoms with Crippen molar-refractivity contribution >= 4 is 5.82 Å². The first kappa shape index (κ1) is 16.2. The van der Waals surface area contributed by atoms with Crippen LogP contribution in [0.5, 0.6) is 0 Å². The number of nitrogens with one attached hydrogen (secondary N) is 1. The topological polar surface area (TPSA) is 72.7 Å². The summed E-state index contributed by atoms with van der Waals surface area (Å²) >= 11 is 0. The van der Waals surface area contributed by atoms with E-state index in [1.807, 2.05) is 19.9 Å². The minimum Gasteiger partial charge on any atom is -0.367 e. The Morgan fingerprint density at radius 3 is 2.48 bits per heavy atom. The van der Waals surface area contributed by atoms with Gasteiger partial charge in [0.25, 0.3) is 5.56 Å². The lowest BCUT2D eigenvalue weighted by atomic mass is 9.91. The van der Waals surface area contributed by atoms with Crippen molar-refractivity contribution in [2.24, 2.45) is 0 Å². The van der Waals surface area contributed by atoms with Gasteiger partial charge in [-0.2, -0.15) is 5.10 Å². The van der Waals surface area contributed by atoms with Crippen LogP contribution in [-0.4, -0.2) is 25.8 Å². The van der Waals surface area contributed by atoms with E-state index in [0.717, 1.165) is 48.7 Å². The van der Waals surface area contributed by atoms with Crippen molar-refractivity contribution in [1.82, 2.24) is 19.7 Å². The monoisotopic (exact) mass is 339 g/mol. The second-order valence-corrected chi connectivity index (χ2v) is 7.43. The van der Waals surface area contributed by atoms with Gasteiger partial charge >= 0.3 is 0 Å². The molecule has 0 aromatic carbocycles. The highest BCUT2D eigenvalue weighted by molar-refractivity contribution is 5.38. The average molecular weight is 339 g/mol. The Morgan fingerprint density at radius 2 is 1.76 bits per heavy atom. The molecule has 2 saturated carbocycles. The maximum atomic E-state index is 12.1. The summed E-state index contributed by atoms with van der Waals surface area (Å²) in [6, 6.07) is 6.04. The summed E-state index contributed by atoms with van der Waals surface area (Å²) in [6.45, 7) is 3.96. The molecule has 0 unspecified atom stereocenters. The third-order valence-corrected chi connectivity index (χ3v) is 5.17. The van der Waals surface area contributed by atoms with Crippen LogP contribution in [0.25, 0.3) is 0 Å². The van der Waals surface area contributed by atoms with E-state index in [4.69, 9.17) is 4.98 Å². The summed E-state index contributed by atoms with van der Waals surface area (Å²) in [7, 11) is 0. The minimum absolute atomic E-state index is 0.00232. The van der Waals surface area contributed by atoms with Gasteiger partial charge in [-0.15, -0.1) is 0 Å². The molecule has 1 N–H and O–H groups in total. The van der Waals surface area contributed by atoms with Crippen molar-refractivity contribution in [2.45, 2.75) is 70.4 Å². The number of anilines is 1. The molecule has 132 valence electrons. The van der Waals surface area contributed by atoms with Gasteiger partial charge in [0.2, 0.25) is 0 Å². The van der Waals surface area contributed by atoms with Crippen molar-refractivity contribution in [1.29, 1.82) is 0 Å². The third kappa shape index (κ3) is 3.72. The Hall–Kier alpha value is -2.24. The molecule has 2 aromatic heterocycles. The highest BCUT2D eigenvalue weighted by Gasteiger charge is 2.28. The molecule has 25 heavy (non-hydrogen) atoms. The van der Waals surface area contributed by atoms with Crippen LogP contribution in [0, 0.1) is 13.8 Å². The predicted octanol–water partition coefficient (Wildman–Crippen LogP) is 3.12. The Bertz CT molecular complexity index is 819. The first-order chi connectivity index (χ1) is 12.1. The highest BCUT2D eigenvalue weighted by Crippen LogP contribution is 2.38. The van der Waals surface area contributed by atoms with Gasteiger partial charge < -0.3 is 5.32 Å². The number of rotatable bonds is 4. The Balaban J connectivity index is 1.41. The maximum absolute atomic E-state index is 12.1. The molecule has 0 atom stereocenters. The molecule has 2 aliphatic rings. The molecule has 0 radical (unpaired) electrons. The van der Waals surface area contributed by atoms with E-state index in [-0.39, 0.29) is 11.6 Å². The lowest BCUT2D eigenvalue weighted by Gasteiger charge is -2.30. The van der Waals surface area contributed by atoms with Gasteiger partial charge in [-0.1, -0.05) is 0 Å². The van der Waals surface area contributed by atoms with Crippen molar-refractivity contribution in [3.8, 4) is 0 Å². The van der Waals surface area contributed by atoms with Gasteiger partial charge in [0.1, 0.15) is 11.6 Å². The molecule has 2 fully saturated rings. The fourth-order valence-corrected chi connectivity index (χ4v) is 3.65. The molecule has 2 aromatic rings. The van der Waals surface area contributed by atoms with Crippen LogP contribution in [0.3, 0.4) is 0 Å². The second kappa shape index (κ2) is 6.58. The Morgan fingerprint density at radius 1 is 1.00 bits per heavy atom. The number of aryl methyl sites for hydroxylation is 2. The zero-order chi connectivity index (χ0) is 17.4. The summed E-state index contributed by atoms with van der Waals surface area (Å²) < 4.78 is 1.67. The van der Waals surface area contributed by atoms with E-state index < -0.39 is 0 Å². The summed E-state index contributed by atoms with van der Waals surface area (Å²) in [5.74, 6) is 2.51. The molecule has 0 aliphatic heterocycles. The zero-order valence-electron chi connectivity index (χ0n) is 14.9. The van der Waals surface area contributed by atoms with Gasteiger partial charge in [0.15, 0.2) is 0 Å². The minimum atomic E-state index is 0.00232. The van der Waals surface area contributed by atoms with Crippen LogP contribution in [0.1, 0.15) is 67.7 Å². The van der Waals surface area contributed by atoms with Crippen LogP contribution in [0.2, 0.25) is 0 Å². The third-order valence-electron chi connectivity index (χ3n) is 5.17. The first-order valence-electron chi connectivity index (χ1n) is 9.27. The smallest absolute Gasteiger partial charge is 0.267 e. The van der Waals surface area contributed by atoms with Crippen LogP contribution in [0.15, 0.2) is 23.0 Å². The molecule has 2 aliphatic carbocycles. The Labute approximate surface area is 147 Å². The summed E-state index contributed by atoms with van der Waals surface area (Å²) in [5, 5.41) is 8.00. The normalized spacial score (nSPS) is 23.4. The van der Waals surface area contributed by atoms with Crippen molar-refractivity contribution in [3.63, 3.8) is 0 Å². The van der Waals surface area contributed by atoms with E-state index in [2.05, 4.69) is 15.4 Å². The lowest BCUT2D eigenvalue weighted by molar-refractivity contribution is 0.302. The van der Waals surface area contributed by atoms with Crippen molar-refractivity contribution in [3.05, 3.63) is 45.8 Å². The van der Waals surface area contributed by atoms with Crippen LogP contribution in [0.4, 0.5) is 5.82 Å². The van der Waals surface area contributed by atoms with Gasteiger partial charge in [0, 0.05) is 29.8 Å². The molecule has 0 bridgehead atoms. The lowest BCUT2D eigenvalue weighted by Crippen LogP contribution is -2.33. The predicted molar refractivity (Wildman–Crippen MR) is 96.9 cm³/mol. The molecule has 6 nitrogen and oxygen atoms in total. The number of aromatic nitrogens is 4. The standard InChI is InChI=1S/C19H25N5O/c1-12-3-10-18(25)24(23-12)16-8-6-15(7-9-16)21-17-11-13(2)20-19(22-17)14-4-5-14/h3,10-11,14-16H,4-9H2,1-2H3,(H,20,21,22). The van der Waals surface area contributed by atoms with Gasteiger partial charge in [0.05, 0.1) is 11.7 Å². The van der Waals surface area contributed by atoms with E-state index in [1.165, 1.54) is 12.8 Å². The fraction of sp³-hybridized carbons (Fsp3) is 0.579. The highest BCUT2D eigenvalue weighted by atomic mass is 16.1. The first-order valence-corrected chi connectivity index (χ1v) is 9.27. The number of nitrogens with zero attached hydrogens (tertiary/aromatic N) is 4. The molecule has 0 spiro atoms. The van der Waals surface area contributed by atoms with Gasteiger partial charge in [-0.05, 0) is 58.4 Å². The van der Waals surface area contributed by atoms with E-state index in [0.29, 0.717) is 12.0 Å². The van der Waals surface area contributed by atoms with Crippen LogP contribution >= 0.6 is 0 Å². The van der Waals surface area contributed by atoms with Crippen molar-refractivity contribution in [2.75, 3.05) is 5.32 Å². The molecular weight excluding hydrogens is 314 g/mol. The van der Waals surface area contributed by atoms with E-state index in [1.54, 1.807) is 16.8 Å². The molecule has 2 heterocycles. The molecule has 6 heteroatoms. The van der Waals surface area contributed by atoms with E-state index in [9.17, 15) is 4.79 Å². The summed E-state index contributed by atoms with van der Waals surface area (Å²) in [6.07, 6.45) is 6.41. The molecule has 0 saturated heterocycles. The van der Waals surface area contributed by atoms with Gasteiger partial charge in [-0.3, -0.25) is 4.79 Å². The molecule has 0 amide bonds. The van der Waals surface area contributed by atoms with Crippen molar-refractivity contribution < 1.29 is 0 Å². The SMILES string of the molecule is Cc1cc(NC2CCC(n3nc(C)ccc3=O)CC2)nc(C2CC2)n1. The second-order valence-electron chi connectivity index (χ2n) is 7.43. The van der Waals surface area contributed by atoms with E-state index >= 15 is 0 Å². The molecule has 4 rings (SSSR count). The maximum Gasteiger partial charge on any atom is 0.267 e. The largest absolute Gasteiger partial charge is 0.367 e. The fourth-order valence-electron chi connectivity index (χ4n) is 3.65. The average Bonchev–Trinajstić information content (AvgIpc) is 3.42. The quantitative estimate of drug-likeness (QED) is 0.926. The zero-order valence-corrected chi connectivity index (χ0v) is 14.9. The molecular formula is C19H25N5O. The summed E-state index contributed by atoms with van der Waals surface area (Å²) in [4.78, 5) is 21.3. The van der Waals surface area contributed by atoms with Crippen LogP contribution < -0.4 is 10.9 Å². The number of hydrogen-bond donors (Lipinski definition) is 1. The van der Waals surface area contributed by atoms with Crippen LogP contribution in [-0.2, 0) is 0 Å². The number of hydrogen-bond acceptors (Lipinski definition) is 5. The summed E-state index contributed by atoms with van der Waals surface area (Å²) in [5.41, 5.74) is 1.93.